The van der Waals surface area contributed by atoms with Crippen LogP contribution in [-0.4, -0.2) is 7.11 Å². The van der Waals surface area contributed by atoms with Crippen molar-refractivity contribution in [3.63, 3.8) is 0 Å². The summed E-state index contributed by atoms with van der Waals surface area (Å²) in [4.78, 5) is 0. The van der Waals surface area contributed by atoms with Gasteiger partial charge in [0.2, 0.25) is 0 Å². The van der Waals surface area contributed by atoms with Gasteiger partial charge in [-0.15, -0.1) is 11.3 Å². The van der Waals surface area contributed by atoms with Crippen molar-refractivity contribution >= 4 is 21.4 Å². The molecule has 1 unspecified atom stereocenters. The molecule has 3 rings (SSSR count). The molecule has 1 aromatic heterocycles. The summed E-state index contributed by atoms with van der Waals surface area (Å²) in [5.41, 5.74) is 8.50. The molecule has 0 fully saturated rings. The maximum atomic E-state index is 6.62. The first kappa shape index (κ1) is 14.1. The highest BCUT2D eigenvalue weighted by Gasteiger charge is 2.26. The molecule has 0 aliphatic rings. The molecule has 0 radical (unpaired) electrons. The Hall–Kier alpha value is -1.84. The smallest absolute Gasteiger partial charge is 0.123 e. The van der Waals surface area contributed by atoms with Crippen LogP contribution in [0.15, 0.2) is 53.9 Å². The summed E-state index contributed by atoms with van der Waals surface area (Å²) >= 11 is 1.77. The molecule has 0 aliphatic carbocycles. The predicted octanol–water partition coefficient (Wildman–Crippen LogP) is 4.33. The van der Waals surface area contributed by atoms with Crippen LogP contribution in [0.3, 0.4) is 0 Å². The molecule has 3 heteroatoms. The molecule has 2 aromatic carbocycles. The summed E-state index contributed by atoms with van der Waals surface area (Å²) in [6.45, 7) is 2.07. The van der Waals surface area contributed by atoms with Crippen molar-refractivity contribution in [2.45, 2.75) is 18.9 Å². The molecule has 3 aromatic rings. The normalized spacial score (nSPS) is 14.0. The van der Waals surface area contributed by atoms with Crippen molar-refractivity contribution in [1.82, 2.24) is 0 Å². The summed E-state index contributed by atoms with van der Waals surface area (Å²) in [5, 5.41) is 3.51. The van der Waals surface area contributed by atoms with Crippen molar-refractivity contribution in [3.05, 3.63) is 65.0 Å². The average Bonchev–Trinajstić information content (AvgIpc) is 2.90. The number of hydrogen-bond acceptors (Lipinski definition) is 3. The molecule has 0 bridgehead atoms. The zero-order valence-electron chi connectivity index (χ0n) is 12.3. The van der Waals surface area contributed by atoms with Gasteiger partial charge in [-0.1, -0.05) is 36.4 Å². The minimum Gasteiger partial charge on any atom is -0.496 e. The number of rotatable bonds is 4. The van der Waals surface area contributed by atoms with E-state index in [1.165, 1.54) is 15.6 Å². The molecule has 0 spiro atoms. The number of nitrogens with two attached hydrogens (primary N) is 1. The lowest BCUT2D eigenvalue weighted by Crippen LogP contribution is -2.35. The monoisotopic (exact) mass is 297 g/mol. The molecular formula is C18H19NOS. The van der Waals surface area contributed by atoms with Gasteiger partial charge in [-0.05, 0) is 41.8 Å². The van der Waals surface area contributed by atoms with E-state index in [9.17, 15) is 0 Å². The standard InChI is InChI=1S/C18H19NOS/c1-18(19,15-8-4-5-9-16(15)20-2)11-13-12-21-17-10-6-3-7-14(13)17/h3-10,12H,11,19H2,1-2H3. The van der Waals surface area contributed by atoms with Gasteiger partial charge in [0.15, 0.2) is 0 Å². The van der Waals surface area contributed by atoms with Gasteiger partial charge in [-0.25, -0.2) is 0 Å². The van der Waals surface area contributed by atoms with Gasteiger partial charge in [0.1, 0.15) is 5.75 Å². The highest BCUT2D eigenvalue weighted by atomic mass is 32.1. The van der Waals surface area contributed by atoms with Gasteiger partial charge in [0.05, 0.1) is 7.11 Å². The second-order valence-electron chi connectivity index (χ2n) is 5.55. The third kappa shape index (κ3) is 2.67. The summed E-state index contributed by atoms with van der Waals surface area (Å²) in [6.07, 6.45) is 0.789. The number of fused-ring (bicyclic) bond motifs is 1. The highest BCUT2D eigenvalue weighted by molar-refractivity contribution is 7.17. The molecule has 1 atom stereocenters. The molecule has 1 heterocycles. The molecule has 108 valence electrons. The topological polar surface area (TPSA) is 35.2 Å². The van der Waals surface area contributed by atoms with Gasteiger partial charge >= 0.3 is 0 Å². The lowest BCUT2D eigenvalue weighted by atomic mass is 9.86. The number of para-hydroxylation sites is 1. The predicted molar refractivity (Wildman–Crippen MR) is 90.1 cm³/mol. The maximum absolute atomic E-state index is 6.62. The number of hydrogen-bond donors (Lipinski definition) is 1. The summed E-state index contributed by atoms with van der Waals surface area (Å²) in [5.74, 6) is 0.849. The summed E-state index contributed by atoms with van der Waals surface area (Å²) < 4.78 is 6.77. The molecule has 0 aliphatic heterocycles. The Bertz CT molecular complexity index is 761. The average molecular weight is 297 g/mol. The second-order valence-corrected chi connectivity index (χ2v) is 6.46. The Balaban J connectivity index is 1.99. The van der Waals surface area contributed by atoms with Crippen LogP contribution in [0.4, 0.5) is 0 Å². The van der Waals surface area contributed by atoms with Gasteiger partial charge in [0, 0.05) is 15.8 Å². The van der Waals surface area contributed by atoms with Crippen LogP contribution >= 0.6 is 11.3 Å². The van der Waals surface area contributed by atoms with Gasteiger partial charge in [0.25, 0.3) is 0 Å². The lowest BCUT2D eigenvalue weighted by molar-refractivity contribution is 0.386. The number of ether oxygens (including phenoxy) is 1. The van der Waals surface area contributed by atoms with Crippen LogP contribution in [0.25, 0.3) is 10.1 Å². The minimum absolute atomic E-state index is 0.462. The van der Waals surface area contributed by atoms with E-state index in [1.54, 1.807) is 18.4 Å². The molecule has 0 amide bonds. The molecule has 2 nitrogen and oxygen atoms in total. The number of methoxy groups -OCH3 is 1. The van der Waals surface area contributed by atoms with Crippen LogP contribution in [0.2, 0.25) is 0 Å². The van der Waals surface area contributed by atoms with Crippen molar-refractivity contribution in [1.29, 1.82) is 0 Å². The first-order chi connectivity index (χ1) is 10.1. The fourth-order valence-corrected chi connectivity index (χ4v) is 3.74. The Labute approximate surface area is 129 Å². The van der Waals surface area contributed by atoms with E-state index < -0.39 is 5.54 Å². The Morgan fingerprint density at radius 3 is 2.62 bits per heavy atom. The maximum Gasteiger partial charge on any atom is 0.123 e. The summed E-state index contributed by atoms with van der Waals surface area (Å²) in [6, 6.07) is 16.5. The third-order valence-corrected chi connectivity index (χ3v) is 4.85. The minimum atomic E-state index is -0.462. The van der Waals surface area contributed by atoms with Crippen molar-refractivity contribution in [2.75, 3.05) is 7.11 Å². The van der Waals surface area contributed by atoms with Crippen LogP contribution < -0.4 is 10.5 Å². The number of benzene rings is 2. The van der Waals surface area contributed by atoms with Crippen LogP contribution in [0, 0.1) is 0 Å². The first-order valence-electron chi connectivity index (χ1n) is 6.99. The fourth-order valence-electron chi connectivity index (χ4n) is 2.78. The van der Waals surface area contributed by atoms with E-state index in [4.69, 9.17) is 10.5 Å². The molecule has 2 N–H and O–H groups in total. The second kappa shape index (κ2) is 5.51. The van der Waals surface area contributed by atoms with Crippen LogP contribution in [-0.2, 0) is 12.0 Å². The van der Waals surface area contributed by atoms with Crippen molar-refractivity contribution in [3.8, 4) is 5.75 Å². The van der Waals surface area contributed by atoms with Gasteiger partial charge in [-0.2, -0.15) is 0 Å². The molecular weight excluding hydrogens is 278 g/mol. The lowest BCUT2D eigenvalue weighted by Gasteiger charge is -2.27. The fraction of sp³-hybridized carbons (Fsp3) is 0.222. The van der Waals surface area contributed by atoms with Gasteiger partial charge in [-0.3, -0.25) is 0 Å². The summed E-state index contributed by atoms with van der Waals surface area (Å²) in [7, 11) is 1.69. The van der Waals surface area contributed by atoms with E-state index in [-0.39, 0.29) is 0 Å². The van der Waals surface area contributed by atoms with Crippen LogP contribution in [0.1, 0.15) is 18.1 Å². The quantitative estimate of drug-likeness (QED) is 0.778. The SMILES string of the molecule is COc1ccccc1C(C)(N)Cc1csc2ccccc12. The molecule has 0 saturated carbocycles. The number of thiophene rings is 1. The molecule has 21 heavy (non-hydrogen) atoms. The molecule has 0 saturated heterocycles. The Kier molecular flexibility index (Phi) is 3.70. The van der Waals surface area contributed by atoms with E-state index in [2.05, 4.69) is 36.6 Å². The van der Waals surface area contributed by atoms with E-state index >= 15 is 0 Å². The van der Waals surface area contributed by atoms with E-state index in [1.807, 2.05) is 24.3 Å². The largest absolute Gasteiger partial charge is 0.496 e. The van der Waals surface area contributed by atoms with E-state index in [0.717, 1.165) is 17.7 Å². The Morgan fingerprint density at radius 2 is 1.81 bits per heavy atom. The van der Waals surface area contributed by atoms with Crippen molar-refractivity contribution in [2.24, 2.45) is 5.73 Å². The Morgan fingerprint density at radius 1 is 1.10 bits per heavy atom. The highest BCUT2D eigenvalue weighted by Crippen LogP contribution is 2.34. The van der Waals surface area contributed by atoms with E-state index in [0.29, 0.717) is 0 Å². The third-order valence-electron chi connectivity index (χ3n) is 3.84. The first-order valence-corrected chi connectivity index (χ1v) is 7.87. The zero-order valence-corrected chi connectivity index (χ0v) is 13.1. The van der Waals surface area contributed by atoms with Gasteiger partial charge < -0.3 is 10.5 Å². The van der Waals surface area contributed by atoms with Crippen molar-refractivity contribution < 1.29 is 4.74 Å². The van der Waals surface area contributed by atoms with Crippen LogP contribution in [0.5, 0.6) is 5.75 Å². The zero-order chi connectivity index (χ0) is 14.9.